The normalized spacial score (nSPS) is 18.6. The number of ether oxygens (including phenoxy) is 2. The van der Waals surface area contributed by atoms with E-state index in [1.807, 2.05) is 0 Å². The first-order valence-corrected chi connectivity index (χ1v) is 6.64. The monoisotopic (exact) mass is 280 g/mol. The molecule has 1 atom stereocenters. The highest BCUT2D eigenvalue weighted by Crippen LogP contribution is 2.30. The van der Waals surface area contributed by atoms with Gasteiger partial charge in [-0.15, -0.1) is 0 Å². The number of hydrogen-bond acceptors (Lipinski definition) is 4. The van der Waals surface area contributed by atoms with Gasteiger partial charge in [0.1, 0.15) is 0 Å². The molecule has 0 bridgehead atoms. The number of piperidine rings is 1. The van der Waals surface area contributed by atoms with Gasteiger partial charge in [0.2, 0.25) is 0 Å². The van der Waals surface area contributed by atoms with Crippen LogP contribution in [0.5, 0.6) is 11.5 Å². The Kier molecular flexibility index (Phi) is 4.55. The lowest BCUT2D eigenvalue weighted by Crippen LogP contribution is -2.40. The van der Waals surface area contributed by atoms with E-state index < -0.39 is 6.09 Å². The molecular weight excluding hydrogens is 260 g/mol. The number of nitrogens with zero attached hydrogens (tertiary/aromatic N) is 1. The largest absolute Gasteiger partial charge is 0.493 e. The van der Waals surface area contributed by atoms with Crippen LogP contribution in [0.1, 0.15) is 12.8 Å². The van der Waals surface area contributed by atoms with Crippen LogP contribution in [0, 0.1) is 5.92 Å². The molecule has 1 aromatic rings. The van der Waals surface area contributed by atoms with Crippen LogP contribution in [-0.2, 0) is 0 Å². The first-order chi connectivity index (χ1) is 9.60. The number of hydrogen-bond donors (Lipinski definition) is 2. The van der Waals surface area contributed by atoms with E-state index >= 15 is 0 Å². The van der Waals surface area contributed by atoms with E-state index in [4.69, 9.17) is 20.3 Å². The first kappa shape index (κ1) is 14.3. The summed E-state index contributed by atoms with van der Waals surface area (Å²) in [6, 6.07) is 5.23. The van der Waals surface area contributed by atoms with Crippen LogP contribution < -0.4 is 15.2 Å². The van der Waals surface area contributed by atoms with Crippen molar-refractivity contribution in [2.75, 3.05) is 32.5 Å². The van der Waals surface area contributed by atoms with E-state index in [0.29, 0.717) is 36.9 Å². The SMILES string of the molecule is COc1ccc(N)cc1OCC1CCCN(C(=O)O)C1. The maximum Gasteiger partial charge on any atom is 0.407 e. The van der Waals surface area contributed by atoms with E-state index in [-0.39, 0.29) is 5.92 Å². The molecule has 2 rings (SSSR count). The molecule has 1 amide bonds. The lowest BCUT2D eigenvalue weighted by atomic mass is 9.99. The maximum atomic E-state index is 11.0. The summed E-state index contributed by atoms with van der Waals surface area (Å²) in [6.07, 6.45) is 0.972. The second-order valence-corrected chi connectivity index (χ2v) is 4.96. The number of benzene rings is 1. The highest BCUT2D eigenvalue weighted by atomic mass is 16.5. The molecule has 1 saturated heterocycles. The zero-order chi connectivity index (χ0) is 14.5. The minimum Gasteiger partial charge on any atom is -0.493 e. The summed E-state index contributed by atoms with van der Waals surface area (Å²) < 4.78 is 11.0. The fourth-order valence-corrected chi connectivity index (χ4v) is 2.39. The highest BCUT2D eigenvalue weighted by Gasteiger charge is 2.23. The van der Waals surface area contributed by atoms with Gasteiger partial charge in [0.05, 0.1) is 13.7 Å². The molecule has 6 heteroatoms. The lowest BCUT2D eigenvalue weighted by molar-refractivity contribution is 0.104. The number of rotatable bonds is 4. The van der Waals surface area contributed by atoms with E-state index in [9.17, 15) is 4.79 Å². The minimum atomic E-state index is -0.865. The van der Waals surface area contributed by atoms with Crippen molar-refractivity contribution >= 4 is 11.8 Å². The van der Waals surface area contributed by atoms with Crippen molar-refractivity contribution in [3.63, 3.8) is 0 Å². The average molecular weight is 280 g/mol. The van der Waals surface area contributed by atoms with Crippen molar-refractivity contribution in [1.82, 2.24) is 4.90 Å². The topological polar surface area (TPSA) is 85.0 Å². The molecule has 1 aromatic carbocycles. The molecule has 20 heavy (non-hydrogen) atoms. The number of anilines is 1. The molecule has 0 aliphatic carbocycles. The van der Waals surface area contributed by atoms with Gasteiger partial charge in [-0.05, 0) is 25.0 Å². The molecule has 0 aromatic heterocycles. The standard InChI is InChI=1S/C14H20N2O4/c1-19-12-5-4-11(15)7-13(12)20-9-10-3-2-6-16(8-10)14(17)18/h4-5,7,10H,2-3,6,8-9,15H2,1H3,(H,17,18). The Bertz CT molecular complexity index is 478. The molecule has 1 heterocycles. The molecule has 3 N–H and O–H groups in total. The van der Waals surface area contributed by atoms with E-state index in [1.165, 1.54) is 4.90 Å². The van der Waals surface area contributed by atoms with E-state index in [0.717, 1.165) is 12.8 Å². The number of amides is 1. The Morgan fingerprint density at radius 2 is 2.30 bits per heavy atom. The van der Waals surface area contributed by atoms with Gasteiger partial charge in [0, 0.05) is 30.8 Å². The van der Waals surface area contributed by atoms with Gasteiger partial charge < -0.3 is 25.2 Å². The third-order valence-corrected chi connectivity index (χ3v) is 3.45. The Morgan fingerprint density at radius 3 is 3.00 bits per heavy atom. The summed E-state index contributed by atoms with van der Waals surface area (Å²) in [7, 11) is 1.57. The molecule has 1 aliphatic heterocycles. The molecule has 0 radical (unpaired) electrons. The van der Waals surface area contributed by atoms with Crippen LogP contribution in [0.2, 0.25) is 0 Å². The van der Waals surface area contributed by atoms with Gasteiger partial charge in [-0.3, -0.25) is 0 Å². The van der Waals surface area contributed by atoms with Crippen LogP contribution in [0.4, 0.5) is 10.5 Å². The molecule has 0 saturated carbocycles. The Morgan fingerprint density at radius 1 is 1.50 bits per heavy atom. The quantitative estimate of drug-likeness (QED) is 0.824. The zero-order valence-corrected chi connectivity index (χ0v) is 11.5. The summed E-state index contributed by atoms with van der Waals surface area (Å²) in [6.45, 7) is 1.58. The predicted octanol–water partition coefficient (Wildman–Crippen LogP) is 2.05. The van der Waals surface area contributed by atoms with Crippen LogP contribution in [-0.4, -0.2) is 42.9 Å². The van der Waals surface area contributed by atoms with Crippen LogP contribution in [0.15, 0.2) is 18.2 Å². The number of nitrogens with two attached hydrogens (primary N) is 1. The summed E-state index contributed by atoms with van der Waals surface area (Å²) in [5.74, 6) is 1.43. The number of likely N-dealkylation sites (tertiary alicyclic amines) is 1. The molecular formula is C14H20N2O4. The zero-order valence-electron chi connectivity index (χ0n) is 11.5. The lowest BCUT2D eigenvalue weighted by Gasteiger charge is -2.30. The van der Waals surface area contributed by atoms with Crippen LogP contribution in [0.3, 0.4) is 0 Å². The fourth-order valence-electron chi connectivity index (χ4n) is 2.39. The smallest absolute Gasteiger partial charge is 0.407 e. The molecule has 0 spiro atoms. The number of carbonyl (C=O) groups is 1. The summed E-state index contributed by atoms with van der Waals surface area (Å²) in [5.41, 5.74) is 6.34. The van der Waals surface area contributed by atoms with Gasteiger partial charge in [-0.1, -0.05) is 0 Å². The van der Waals surface area contributed by atoms with Crippen molar-refractivity contribution in [3.05, 3.63) is 18.2 Å². The van der Waals surface area contributed by atoms with Crippen molar-refractivity contribution in [2.45, 2.75) is 12.8 Å². The van der Waals surface area contributed by atoms with Gasteiger partial charge in [-0.25, -0.2) is 4.79 Å². The maximum absolute atomic E-state index is 11.0. The second kappa shape index (κ2) is 6.36. The molecule has 110 valence electrons. The third kappa shape index (κ3) is 3.46. The summed E-state index contributed by atoms with van der Waals surface area (Å²) in [4.78, 5) is 12.4. The van der Waals surface area contributed by atoms with Gasteiger partial charge >= 0.3 is 6.09 Å². The number of nitrogen functional groups attached to an aromatic ring is 1. The highest BCUT2D eigenvalue weighted by molar-refractivity contribution is 5.65. The van der Waals surface area contributed by atoms with Gasteiger partial charge in [-0.2, -0.15) is 0 Å². The van der Waals surface area contributed by atoms with Gasteiger partial charge in [0.15, 0.2) is 11.5 Å². The Labute approximate surface area is 118 Å². The third-order valence-electron chi connectivity index (χ3n) is 3.45. The number of methoxy groups -OCH3 is 1. The molecule has 1 fully saturated rings. The molecule has 1 aliphatic rings. The van der Waals surface area contributed by atoms with Crippen molar-refractivity contribution < 1.29 is 19.4 Å². The van der Waals surface area contributed by atoms with Gasteiger partial charge in [0.25, 0.3) is 0 Å². The Balaban J connectivity index is 1.95. The van der Waals surface area contributed by atoms with Crippen LogP contribution >= 0.6 is 0 Å². The van der Waals surface area contributed by atoms with Crippen molar-refractivity contribution in [1.29, 1.82) is 0 Å². The minimum absolute atomic E-state index is 0.200. The van der Waals surface area contributed by atoms with Crippen molar-refractivity contribution in [3.8, 4) is 11.5 Å². The first-order valence-electron chi connectivity index (χ1n) is 6.64. The Hall–Kier alpha value is -2.11. The molecule has 6 nitrogen and oxygen atoms in total. The van der Waals surface area contributed by atoms with E-state index in [2.05, 4.69) is 0 Å². The predicted molar refractivity (Wildman–Crippen MR) is 75.2 cm³/mol. The summed E-state index contributed by atoms with van der Waals surface area (Å²) in [5, 5.41) is 9.01. The average Bonchev–Trinajstić information content (AvgIpc) is 2.45. The fraction of sp³-hybridized carbons (Fsp3) is 0.500. The number of carboxylic acid groups (broad SMARTS) is 1. The summed E-state index contributed by atoms with van der Waals surface area (Å²) >= 11 is 0. The van der Waals surface area contributed by atoms with E-state index in [1.54, 1.807) is 25.3 Å². The van der Waals surface area contributed by atoms with Crippen LogP contribution in [0.25, 0.3) is 0 Å². The van der Waals surface area contributed by atoms with Crippen molar-refractivity contribution in [2.24, 2.45) is 5.92 Å². The molecule has 1 unspecified atom stereocenters. The second-order valence-electron chi connectivity index (χ2n) is 4.96.